The predicted octanol–water partition coefficient (Wildman–Crippen LogP) is 4.72. The Bertz CT molecular complexity index is 1070. The lowest BCUT2D eigenvalue weighted by molar-refractivity contribution is 0.0728. The predicted molar refractivity (Wildman–Crippen MR) is 116 cm³/mol. The molecule has 3 aromatic rings. The van der Waals surface area contributed by atoms with Crippen LogP contribution in [0.5, 0.6) is 11.5 Å². The Hall–Kier alpha value is -3.64. The Labute approximate surface area is 179 Å². The van der Waals surface area contributed by atoms with Crippen molar-refractivity contribution >= 4 is 29.7 Å². The zero-order valence-electron chi connectivity index (χ0n) is 16.2. The lowest BCUT2D eigenvalue weighted by Gasteiger charge is -2.12. The second-order valence-electron chi connectivity index (χ2n) is 6.07. The quantitative estimate of drug-likeness (QED) is 0.258. The van der Waals surface area contributed by atoms with Crippen LogP contribution in [-0.4, -0.2) is 24.7 Å². The lowest BCUT2D eigenvalue weighted by Crippen LogP contribution is -2.17. The molecule has 0 atom stereocenters. The Morgan fingerprint density at radius 1 is 1.00 bits per heavy atom. The number of nitrogens with zero attached hydrogens (tertiary/aromatic N) is 1. The first kappa shape index (κ1) is 21.1. The van der Waals surface area contributed by atoms with E-state index in [1.807, 2.05) is 13.0 Å². The Balaban J connectivity index is 1.72. The number of benzene rings is 3. The number of esters is 1. The number of hydrogen-bond donors (Lipinski definition) is 1. The lowest BCUT2D eigenvalue weighted by atomic mass is 10.2. The molecule has 1 amide bonds. The number of carbonyl (C=O) groups excluding carboxylic acids is 2. The number of hydrogen-bond acceptors (Lipinski definition) is 5. The van der Waals surface area contributed by atoms with Crippen LogP contribution in [0.1, 0.15) is 33.2 Å². The van der Waals surface area contributed by atoms with Crippen LogP contribution in [0.3, 0.4) is 0 Å². The zero-order valence-corrected chi connectivity index (χ0v) is 16.9. The smallest absolute Gasteiger partial charge is 0.345 e. The summed E-state index contributed by atoms with van der Waals surface area (Å²) >= 11 is 6.05. The molecule has 0 spiro atoms. The highest BCUT2D eigenvalue weighted by Crippen LogP contribution is 2.29. The van der Waals surface area contributed by atoms with Gasteiger partial charge in [-0.15, -0.1) is 0 Å². The summed E-state index contributed by atoms with van der Waals surface area (Å²) in [5, 5.41) is 4.27. The van der Waals surface area contributed by atoms with Gasteiger partial charge >= 0.3 is 5.97 Å². The number of nitrogens with one attached hydrogen (secondary N) is 1. The number of hydrazone groups is 1. The summed E-state index contributed by atoms with van der Waals surface area (Å²) in [6.45, 7) is 2.20. The number of halogens is 1. The average Bonchev–Trinajstić information content (AvgIpc) is 2.76. The van der Waals surface area contributed by atoms with E-state index in [0.717, 1.165) is 0 Å². The van der Waals surface area contributed by atoms with Crippen molar-refractivity contribution in [2.24, 2.45) is 5.10 Å². The summed E-state index contributed by atoms with van der Waals surface area (Å²) < 4.78 is 11.0. The van der Waals surface area contributed by atoms with Crippen LogP contribution >= 0.6 is 11.6 Å². The molecule has 3 aromatic carbocycles. The maximum absolute atomic E-state index is 12.4. The van der Waals surface area contributed by atoms with Gasteiger partial charge in [-0.1, -0.05) is 41.9 Å². The van der Waals surface area contributed by atoms with E-state index in [9.17, 15) is 9.59 Å². The molecule has 1 N–H and O–H groups in total. The summed E-state index contributed by atoms with van der Waals surface area (Å²) in [5.74, 6) is -0.274. The van der Waals surface area contributed by atoms with Gasteiger partial charge in [0, 0.05) is 5.56 Å². The molecule has 0 aliphatic carbocycles. The van der Waals surface area contributed by atoms with Gasteiger partial charge in [0.15, 0.2) is 11.5 Å². The van der Waals surface area contributed by atoms with Crippen molar-refractivity contribution in [3.8, 4) is 11.5 Å². The van der Waals surface area contributed by atoms with Crippen LogP contribution in [0.2, 0.25) is 5.02 Å². The molecule has 30 heavy (non-hydrogen) atoms. The molecule has 0 fully saturated rings. The molecule has 0 radical (unpaired) electrons. The van der Waals surface area contributed by atoms with Gasteiger partial charge in [-0.2, -0.15) is 5.10 Å². The highest BCUT2D eigenvalue weighted by atomic mass is 35.5. The minimum absolute atomic E-state index is 0.257. The highest BCUT2D eigenvalue weighted by molar-refractivity contribution is 6.33. The molecule has 3 rings (SSSR count). The van der Waals surface area contributed by atoms with E-state index >= 15 is 0 Å². The Morgan fingerprint density at radius 2 is 1.73 bits per heavy atom. The molecule has 152 valence electrons. The van der Waals surface area contributed by atoms with Crippen molar-refractivity contribution in [2.45, 2.75) is 6.92 Å². The number of ether oxygens (including phenoxy) is 2. The van der Waals surface area contributed by atoms with Crippen LogP contribution in [-0.2, 0) is 0 Å². The van der Waals surface area contributed by atoms with Crippen molar-refractivity contribution in [3.63, 3.8) is 0 Å². The molecule has 0 aliphatic heterocycles. The van der Waals surface area contributed by atoms with Gasteiger partial charge in [0.25, 0.3) is 5.91 Å². The molecule has 0 heterocycles. The third-order valence-electron chi connectivity index (χ3n) is 3.98. The van der Waals surface area contributed by atoms with Crippen LogP contribution in [0, 0.1) is 0 Å². The van der Waals surface area contributed by atoms with Crippen LogP contribution < -0.4 is 14.9 Å². The van der Waals surface area contributed by atoms with Crippen molar-refractivity contribution in [2.75, 3.05) is 6.61 Å². The zero-order chi connectivity index (χ0) is 21.3. The molecule has 0 saturated heterocycles. The van der Waals surface area contributed by atoms with E-state index in [-0.39, 0.29) is 17.2 Å². The molecule has 0 saturated carbocycles. The van der Waals surface area contributed by atoms with Gasteiger partial charge in [-0.05, 0) is 55.0 Å². The second kappa shape index (κ2) is 10.2. The number of amides is 1. The van der Waals surface area contributed by atoms with Gasteiger partial charge in [0.1, 0.15) is 0 Å². The van der Waals surface area contributed by atoms with E-state index < -0.39 is 5.97 Å². The summed E-state index contributed by atoms with van der Waals surface area (Å²) in [7, 11) is 0. The van der Waals surface area contributed by atoms with Gasteiger partial charge in [-0.25, -0.2) is 10.2 Å². The fourth-order valence-electron chi connectivity index (χ4n) is 2.56. The first-order valence-corrected chi connectivity index (χ1v) is 9.58. The normalized spacial score (nSPS) is 10.6. The molecular formula is C23H19ClN2O4. The van der Waals surface area contributed by atoms with Crippen molar-refractivity contribution in [1.82, 2.24) is 5.43 Å². The van der Waals surface area contributed by atoms with E-state index in [2.05, 4.69) is 10.5 Å². The molecule has 7 heteroatoms. The SMILES string of the molecule is CCOc1cc(/C=N/NC(=O)c2ccccc2)ccc1OC(=O)c1ccccc1Cl. The number of rotatable bonds is 7. The van der Waals surface area contributed by atoms with Crippen molar-refractivity contribution < 1.29 is 19.1 Å². The molecular weight excluding hydrogens is 404 g/mol. The van der Waals surface area contributed by atoms with Gasteiger partial charge in [0.2, 0.25) is 0 Å². The molecule has 6 nitrogen and oxygen atoms in total. The van der Waals surface area contributed by atoms with Gasteiger partial charge < -0.3 is 9.47 Å². The van der Waals surface area contributed by atoms with E-state index in [4.69, 9.17) is 21.1 Å². The van der Waals surface area contributed by atoms with E-state index in [0.29, 0.717) is 28.5 Å². The van der Waals surface area contributed by atoms with Crippen LogP contribution in [0.4, 0.5) is 0 Å². The first-order valence-electron chi connectivity index (χ1n) is 9.20. The first-order chi connectivity index (χ1) is 14.6. The minimum Gasteiger partial charge on any atom is -0.490 e. The summed E-state index contributed by atoms with van der Waals surface area (Å²) in [6.07, 6.45) is 1.48. The molecule has 0 aromatic heterocycles. The van der Waals surface area contributed by atoms with E-state index in [1.54, 1.807) is 66.7 Å². The fourth-order valence-corrected chi connectivity index (χ4v) is 2.77. The standard InChI is InChI=1S/C23H19ClN2O4/c1-2-29-21-14-16(15-25-26-22(27)17-8-4-3-5-9-17)12-13-20(21)30-23(28)18-10-6-7-11-19(18)24/h3-15H,2H2,1H3,(H,26,27)/b25-15+. The maximum atomic E-state index is 12.4. The maximum Gasteiger partial charge on any atom is 0.345 e. The fraction of sp³-hybridized carbons (Fsp3) is 0.0870. The monoisotopic (exact) mass is 422 g/mol. The van der Waals surface area contributed by atoms with Crippen LogP contribution in [0.25, 0.3) is 0 Å². The van der Waals surface area contributed by atoms with Gasteiger partial charge in [0.05, 0.1) is 23.4 Å². The van der Waals surface area contributed by atoms with Crippen molar-refractivity contribution in [3.05, 3.63) is 94.5 Å². The molecule has 0 aliphatic rings. The molecule has 0 unspecified atom stereocenters. The Morgan fingerprint density at radius 3 is 2.47 bits per heavy atom. The minimum atomic E-state index is -0.585. The van der Waals surface area contributed by atoms with Crippen molar-refractivity contribution in [1.29, 1.82) is 0 Å². The largest absolute Gasteiger partial charge is 0.490 e. The number of carbonyl (C=O) groups is 2. The van der Waals surface area contributed by atoms with Gasteiger partial charge in [-0.3, -0.25) is 4.79 Å². The van der Waals surface area contributed by atoms with E-state index in [1.165, 1.54) is 6.21 Å². The molecule has 0 bridgehead atoms. The summed E-state index contributed by atoms with van der Waals surface area (Å²) in [5.41, 5.74) is 3.89. The highest BCUT2D eigenvalue weighted by Gasteiger charge is 2.15. The van der Waals surface area contributed by atoms with Crippen LogP contribution in [0.15, 0.2) is 77.9 Å². The average molecular weight is 423 g/mol. The topological polar surface area (TPSA) is 77.0 Å². The summed E-state index contributed by atoms with van der Waals surface area (Å²) in [4.78, 5) is 24.4. The Kier molecular flexibility index (Phi) is 7.19. The third kappa shape index (κ3) is 5.46. The third-order valence-corrected chi connectivity index (χ3v) is 4.31. The second-order valence-corrected chi connectivity index (χ2v) is 6.48. The summed E-state index contributed by atoms with van der Waals surface area (Å²) in [6, 6.07) is 20.4.